The second-order valence-corrected chi connectivity index (χ2v) is 5.61. The summed E-state index contributed by atoms with van der Waals surface area (Å²) < 4.78 is 5.06. The van der Waals surface area contributed by atoms with Gasteiger partial charge in [-0.1, -0.05) is 23.8 Å². The predicted octanol–water partition coefficient (Wildman–Crippen LogP) is 3.18. The fraction of sp³-hybridized carbons (Fsp3) is 0.611. The van der Waals surface area contributed by atoms with Crippen molar-refractivity contribution in [2.75, 3.05) is 26.8 Å². The molecule has 4 nitrogen and oxygen atoms in total. The zero-order valence-electron chi connectivity index (χ0n) is 14.5. The monoisotopic (exact) mass is 305 g/mol. The average Bonchev–Trinajstić information content (AvgIpc) is 2.49. The van der Waals surface area contributed by atoms with Gasteiger partial charge < -0.3 is 15.4 Å². The van der Waals surface area contributed by atoms with Gasteiger partial charge >= 0.3 is 0 Å². The number of rotatable bonds is 9. The Hall–Kier alpha value is -1.55. The molecule has 0 fully saturated rings. The van der Waals surface area contributed by atoms with Crippen LogP contribution in [0.5, 0.6) is 0 Å². The number of hydrogen-bond acceptors (Lipinski definition) is 2. The van der Waals surface area contributed by atoms with Crippen LogP contribution in [0.15, 0.2) is 23.2 Å². The summed E-state index contributed by atoms with van der Waals surface area (Å²) in [6.45, 7) is 9.74. The molecule has 0 saturated heterocycles. The zero-order chi connectivity index (χ0) is 16.2. The highest BCUT2D eigenvalue weighted by molar-refractivity contribution is 5.79. The van der Waals surface area contributed by atoms with Gasteiger partial charge in [-0.2, -0.15) is 0 Å². The van der Waals surface area contributed by atoms with Crippen LogP contribution in [0.4, 0.5) is 0 Å². The van der Waals surface area contributed by atoms with Gasteiger partial charge in [-0.3, -0.25) is 0 Å². The normalized spacial score (nSPS) is 11.5. The van der Waals surface area contributed by atoms with Crippen molar-refractivity contribution in [1.29, 1.82) is 0 Å². The van der Waals surface area contributed by atoms with E-state index in [9.17, 15) is 0 Å². The Morgan fingerprint density at radius 3 is 2.64 bits per heavy atom. The van der Waals surface area contributed by atoms with Crippen LogP contribution in [0.25, 0.3) is 0 Å². The molecule has 0 spiro atoms. The highest BCUT2D eigenvalue weighted by atomic mass is 16.5. The Labute approximate surface area is 135 Å². The van der Waals surface area contributed by atoms with Crippen molar-refractivity contribution < 1.29 is 4.74 Å². The molecule has 22 heavy (non-hydrogen) atoms. The number of nitrogens with one attached hydrogen (secondary N) is 2. The van der Waals surface area contributed by atoms with Gasteiger partial charge in [0.1, 0.15) is 0 Å². The molecule has 0 radical (unpaired) electrons. The van der Waals surface area contributed by atoms with E-state index >= 15 is 0 Å². The summed E-state index contributed by atoms with van der Waals surface area (Å²) in [7, 11) is 1.75. The molecule has 0 aliphatic heterocycles. The summed E-state index contributed by atoms with van der Waals surface area (Å²) in [5.74, 6) is 0.897. The molecule has 1 aromatic rings. The first kappa shape index (κ1) is 18.5. The topological polar surface area (TPSA) is 45.7 Å². The lowest BCUT2D eigenvalue weighted by molar-refractivity contribution is 0.192. The van der Waals surface area contributed by atoms with Gasteiger partial charge in [0.15, 0.2) is 5.96 Å². The first-order valence-electron chi connectivity index (χ1n) is 8.24. The number of aliphatic imine (C=N–C) groups is 1. The van der Waals surface area contributed by atoms with E-state index in [4.69, 9.17) is 4.74 Å². The molecule has 0 unspecified atom stereocenters. The Bertz CT molecular complexity index is 458. The smallest absolute Gasteiger partial charge is 0.191 e. The third-order valence-corrected chi connectivity index (χ3v) is 3.57. The number of nitrogens with zero attached hydrogens (tertiary/aromatic N) is 1. The van der Waals surface area contributed by atoms with Crippen LogP contribution in [-0.4, -0.2) is 32.8 Å². The predicted molar refractivity (Wildman–Crippen MR) is 94.5 cm³/mol. The second kappa shape index (κ2) is 11.1. The zero-order valence-corrected chi connectivity index (χ0v) is 14.5. The quantitative estimate of drug-likeness (QED) is 0.418. The molecule has 0 saturated carbocycles. The van der Waals surface area contributed by atoms with Crippen LogP contribution < -0.4 is 10.6 Å². The summed E-state index contributed by atoms with van der Waals surface area (Å²) in [5, 5.41) is 6.70. The van der Waals surface area contributed by atoms with Gasteiger partial charge in [-0.15, -0.1) is 0 Å². The number of ether oxygens (including phenoxy) is 1. The second-order valence-electron chi connectivity index (χ2n) is 5.61. The molecule has 0 heterocycles. The number of hydrogen-bond donors (Lipinski definition) is 2. The van der Waals surface area contributed by atoms with E-state index in [2.05, 4.69) is 54.6 Å². The molecular formula is C18H31N3O. The molecule has 1 aromatic carbocycles. The van der Waals surface area contributed by atoms with Gasteiger partial charge in [-0.05, 0) is 51.2 Å². The molecule has 1 rings (SSSR count). The third-order valence-electron chi connectivity index (χ3n) is 3.57. The third kappa shape index (κ3) is 7.46. The van der Waals surface area contributed by atoms with E-state index in [0.717, 1.165) is 38.5 Å². The number of unbranched alkanes of at least 4 members (excludes halogenated alkanes) is 2. The summed E-state index contributed by atoms with van der Waals surface area (Å²) in [6, 6.07) is 6.53. The van der Waals surface area contributed by atoms with E-state index in [1.165, 1.54) is 23.1 Å². The van der Waals surface area contributed by atoms with Crippen LogP contribution >= 0.6 is 0 Å². The van der Waals surface area contributed by atoms with Gasteiger partial charge in [0.2, 0.25) is 0 Å². The lowest BCUT2D eigenvalue weighted by Crippen LogP contribution is -2.37. The van der Waals surface area contributed by atoms with Crippen LogP contribution in [0, 0.1) is 13.8 Å². The van der Waals surface area contributed by atoms with E-state index in [1.54, 1.807) is 7.11 Å². The Morgan fingerprint density at radius 2 is 1.95 bits per heavy atom. The van der Waals surface area contributed by atoms with E-state index in [0.29, 0.717) is 6.54 Å². The first-order valence-corrected chi connectivity index (χ1v) is 8.24. The highest BCUT2D eigenvalue weighted by Crippen LogP contribution is 2.11. The molecule has 2 N–H and O–H groups in total. The maximum Gasteiger partial charge on any atom is 0.191 e. The van der Waals surface area contributed by atoms with Crippen LogP contribution in [0.2, 0.25) is 0 Å². The molecule has 4 heteroatoms. The van der Waals surface area contributed by atoms with Gasteiger partial charge in [0.05, 0.1) is 6.54 Å². The molecule has 0 amide bonds. The molecular weight excluding hydrogens is 274 g/mol. The van der Waals surface area contributed by atoms with Crippen LogP contribution in [-0.2, 0) is 11.3 Å². The van der Waals surface area contributed by atoms with Gasteiger partial charge in [0.25, 0.3) is 0 Å². The number of benzene rings is 1. The van der Waals surface area contributed by atoms with E-state index in [1.807, 2.05) is 0 Å². The minimum absolute atomic E-state index is 0.713. The van der Waals surface area contributed by atoms with Crippen molar-refractivity contribution >= 4 is 5.96 Å². The van der Waals surface area contributed by atoms with Crippen LogP contribution in [0.3, 0.4) is 0 Å². The largest absolute Gasteiger partial charge is 0.385 e. The summed E-state index contributed by atoms with van der Waals surface area (Å²) in [5.41, 5.74) is 3.88. The average molecular weight is 305 g/mol. The molecule has 0 bridgehead atoms. The Kier molecular flexibility index (Phi) is 9.31. The lowest BCUT2D eigenvalue weighted by Gasteiger charge is -2.12. The summed E-state index contributed by atoms with van der Waals surface area (Å²) in [4.78, 5) is 4.68. The first-order chi connectivity index (χ1) is 10.7. The van der Waals surface area contributed by atoms with E-state index in [-0.39, 0.29) is 0 Å². The van der Waals surface area contributed by atoms with Crippen molar-refractivity contribution in [1.82, 2.24) is 10.6 Å². The fourth-order valence-corrected chi connectivity index (χ4v) is 2.28. The molecule has 124 valence electrons. The SMILES string of the molecule is CCNC(=NCc1ccc(C)cc1C)NCCCCCOC. The van der Waals surface area contributed by atoms with Crippen molar-refractivity contribution in [3.05, 3.63) is 34.9 Å². The molecule has 0 aliphatic rings. The van der Waals surface area contributed by atoms with Crippen LogP contribution in [0.1, 0.15) is 42.9 Å². The molecule has 0 aliphatic carbocycles. The van der Waals surface area contributed by atoms with Gasteiger partial charge in [0, 0.05) is 26.8 Å². The number of guanidine groups is 1. The van der Waals surface area contributed by atoms with Crippen molar-refractivity contribution in [3.63, 3.8) is 0 Å². The standard InChI is InChI=1S/C18H31N3O/c1-5-19-18(20-11-7-6-8-12-22-4)21-14-17-10-9-15(2)13-16(17)3/h9-10,13H,5-8,11-12,14H2,1-4H3,(H2,19,20,21). The maximum absolute atomic E-state index is 5.06. The fourth-order valence-electron chi connectivity index (χ4n) is 2.28. The van der Waals surface area contributed by atoms with Gasteiger partial charge in [-0.25, -0.2) is 4.99 Å². The highest BCUT2D eigenvalue weighted by Gasteiger charge is 2.00. The minimum Gasteiger partial charge on any atom is -0.385 e. The maximum atomic E-state index is 5.06. The molecule has 0 aromatic heterocycles. The number of aryl methyl sites for hydroxylation is 2. The molecule has 0 atom stereocenters. The van der Waals surface area contributed by atoms with Crippen molar-refractivity contribution in [3.8, 4) is 0 Å². The lowest BCUT2D eigenvalue weighted by atomic mass is 10.1. The van der Waals surface area contributed by atoms with E-state index < -0.39 is 0 Å². The number of methoxy groups -OCH3 is 1. The van der Waals surface area contributed by atoms with Crippen molar-refractivity contribution in [2.45, 2.75) is 46.6 Å². The Balaban J connectivity index is 2.44. The Morgan fingerprint density at radius 1 is 1.14 bits per heavy atom. The van der Waals surface area contributed by atoms with Crippen molar-refractivity contribution in [2.24, 2.45) is 4.99 Å². The minimum atomic E-state index is 0.713. The summed E-state index contributed by atoms with van der Waals surface area (Å²) >= 11 is 0. The summed E-state index contributed by atoms with van der Waals surface area (Å²) in [6.07, 6.45) is 3.43.